The summed E-state index contributed by atoms with van der Waals surface area (Å²) in [6.45, 7) is 12.1. The number of carbonyl (C=O) groups is 1. The summed E-state index contributed by atoms with van der Waals surface area (Å²) in [6, 6.07) is 5.14. The first-order valence-corrected chi connectivity index (χ1v) is 15.5. The third-order valence-electron chi connectivity index (χ3n) is 8.20. The molecule has 9 nitrogen and oxygen atoms in total. The molecule has 3 N–H and O–H groups in total. The number of amides is 1. The molecule has 1 aromatic carbocycles. The zero-order valence-electron chi connectivity index (χ0n) is 25.4. The fourth-order valence-corrected chi connectivity index (χ4v) is 6.67. The molecule has 2 aliphatic heterocycles. The van der Waals surface area contributed by atoms with Gasteiger partial charge in [0.1, 0.15) is 27.5 Å². The third kappa shape index (κ3) is 5.33. The summed E-state index contributed by atoms with van der Waals surface area (Å²) in [7, 11) is 0. The molecule has 240 valence electrons. The number of piperazine rings is 1. The minimum absolute atomic E-state index is 0.00494. The van der Waals surface area contributed by atoms with Crippen molar-refractivity contribution in [2.75, 3.05) is 30.3 Å². The van der Waals surface area contributed by atoms with Crippen LogP contribution in [-0.2, 0) is 4.79 Å². The molecule has 2 aromatic heterocycles. The van der Waals surface area contributed by atoms with Gasteiger partial charge in [0.2, 0.25) is 5.91 Å². The molecule has 46 heavy (non-hydrogen) atoms. The van der Waals surface area contributed by atoms with Gasteiger partial charge in [-0.2, -0.15) is 5.26 Å². The number of pyridine rings is 2. The summed E-state index contributed by atoms with van der Waals surface area (Å²) >= 11 is 18.8. The van der Waals surface area contributed by atoms with Crippen molar-refractivity contribution in [1.29, 1.82) is 5.26 Å². The molecule has 1 amide bonds. The fourth-order valence-electron chi connectivity index (χ4n) is 6.00. The lowest BCUT2D eigenvalue weighted by molar-refractivity contribution is -0.129. The van der Waals surface area contributed by atoms with E-state index in [1.807, 2.05) is 32.6 Å². The van der Waals surface area contributed by atoms with Gasteiger partial charge in [-0.1, -0.05) is 55.2 Å². The Labute approximate surface area is 280 Å². The van der Waals surface area contributed by atoms with Crippen molar-refractivity contribution in [3.8, 4) is 17.3 Å². The molecule has 1 saturated heterocycles. The minimum Gasteiger partial charge on any atom is -0.397 e. The van der Waals surface area contributed by atoms with Gasteiger partial charge in [-0.25, -0.2) is 13.8 Å². The van der Waals surface area contributed by atoms with Crippen molar-refractivity contribution in [2.24, 2.45) is 0 Å². The second kappa shape index (κ2) is 12.7. The van der Waals surface area contributed by atoms with E-state index >= 15 is 4.39 Å². The summed E-state index contributed by atoms with van der Waals surface area (Å²) in [5.41, 5.74) is 7.50. The van der Waals surface area contributed by atoms with Crippen molar-refractivity contribution in [2.45, 2.75) is 45.9 Å². The predicted octanol–water partition coefficient (Wildman–Crippen LogP) is 6.82. The van der Waals surface area contributed by atoms with E-state index in [0.717, 1.165) is 0 Å². The molecule has 5 rings (SSSR count). The number of nitrogens with zero attached hydrogens (tertiary/aromatic N) is 6. The number of hydrogen-bond acceptors (Lipinski definition) is 8. The molecular formula is C32H30Cl3F2N7O2. The van der Waals surface area contributed by atoms with Crippen molar-refractivity contribution in [3.63, 3.8) is 0 Å². The monoisotopic (exact) mass is 687 g/mol. The van der Waals surface area contributed by atoms with Gasteiger partial charge < -0.3 is 20.6 Å². The average Bonchev–Trinajstić information content (AvgIpc) is 3.02. The molecule has 2 atom stereocenters. The number of carbonyl (C=O) groups excluding carboxylic acids is 1. The van der Waals surface area contributed by atoms with Crippen LogP contribution in [0.5, 0.6) is 0 Å². The molecule has 0 radical (unpaired) electrons. The molecule has 2 aliphatic rings. The van der Waals surface area contributed by atoms with E-state index in [4.69, 9.17) is 45.5 Å². The number of hydrogen-bond donors (Lipinski definition) is 2. The average molecular weight is 689 g/mol. The Morgan fingerprint density at radius 1 is 1.24 bits per heavy atom. The molecule has 1 fully saturated rings. The number of nitrogens with two attached hydrogens (primary N) is 1. The van der Waals surface area contributed by atoms with Gasteiger partial charge in [0, 0.05) is 37.4 Å². The van der Waals surface area contributed by atoms with Crippen molar-refractivity contribution in [3.05, 3.63) is 80.1 Å². The van der Waals surface area contributed by atoms with Gasteiger partial charge in [0.05, 0.1) is 39.0 Å². The molecule has 0 saturated carbocycles. The molecule has 1 unspecified atom stereocenters. The maximum absolute atomic E-state index is 15.6. The number of anilines is 3. The van der Waals surface area contributed by atoms with Crippen molar-refractivity contribution >= 4 is 63.6 Å². The third-order valence-corrected chi connectivity index (χ3v) is 9.19. The Morgan fingerprint density at radius 2 is 1.93 bits per heavy atom. The Hall–Kier alpha value is -3.95. The highest BCUT2D eigenvalue weighted by Gasteiger charge is 2.41. The summed E-state index contributed by atoms with van der Waals surface area (Å²) in [5, 5.41) is 20.9. The first-order chi connectivity index (χ1) is 21.7. The zero-order valence-corrected chi connectivity index (χ0v) is 27.6. The van der Waals surface area contributed by atoms with Crippen molar-refractivity contribution in [1.82, 2.24) is 19.8 Å². The number of benzene rings is 1. The smallest absolute Gasteiger partial charge is 0.246 e. The van der Waals surface area contributed by atoms with Crippen LogP contribution in [0.25, 0.3) is 17.0 Å². The largest absolute Gasteiger partial charge is 0.397 e. The van der Waals surface area contributed by atoms with Crippen LogP contribution in [0.4, 0.5) is 26.0 Å². The lowest BCUT2D eigenvalue weighted by Crippen LogP contribution is -2.54. The number of aryl methyl sites for hydroxylation is 1. The predicted molar refractivity (Wildman–Crippen MR) is 176 cm³/mol. The molecule has 0 aliphatic carbocycles. The number of nitriles is 1. The minimum atomic E-state index is -1.57. The highest BCUT2D eigenvalue weighted by Crippen LogP contribution is 2.49. The molecule has 3 aromatic rings. The van der Waals surface area contributed by atoms with Crippen LogP contribution in [0.2, 0.25) is 15.1 Å². The number of nitrogen functional groups attached to an aromatic ring is 1. The summed E-state index contributed by atoms with van der Waals surface area (Å²) in [6.07, 6.45) is 1.32. The van der Waals surface area contributed by atoms with Gasteiger partial charge in [-0.3, -0.25) is 14.7 Å². The Kier molecular flexibility index (Phi) is 9.21. The van der Waals surface area contributed by atoms with E-state index in [1.54, 1.807) is 17.2 Å². The molecule has 0 bridgehead atoms. The topological polar surface area (TPSA) is 123 Å². The van der Waals surface area contributed by atoms with Gasteiger partial charge >= 0.3 is 0 Å². The normalized spacial score (nSPS) is 18.2. The molecule has 14 heteroatoms. The maximum Gasteiger partial charge on any atom is 0.246 e. The van der Waals surface area contributed by atoms with E-state index in [0.29, 0.717) is 47.8 Å². The van der Waals surface area contributed by atoms with E-state index in [-0.39, 0.29) is 40.0 Å². The van der Waals surface area contributed by atoms with Gasteiger partial charge in [0.15, 0.2) is 17.9 Å². The highest BCUT2D eigenvalue weighted by molar-refractivity contribution is 6.38. The van der Waals surface area contributed by atoms with E-state index in [9.17, 15) is 19.6 Å². The maximum atomic E-state index is 15.6. The van der Waals surface area contributed by atoms with Crippen LogP contribution >= 0.6 is 34.8 Å². The van der Waals surface area contributed by atoms with Crippen LogP contribution < -0.4 is 10.6 Å². The van der Waals surface area contributed by atoms with E-state index in [2.05, 4.69) is 17.6 Å². The lowest BCUT2D eigenvalue weighted by atomic mass is 9.94. The van der Waals surface area contributed by atoms with Crippen LogP contribution in [-0.4, -0.2) is 62.7 Å². The first-order valence-electron chi connectivity index (χ1n) is 14.3. The number of rotatable bonds is 5. The standard InChI is InChI=1S/C32H30Cl3F2N7O2/c1-6-20(45)43-10-9-42(13-16(43)5)30-17-11-19(33)28(21-24(36)22(34)25(37)23(35)26(21)39)41-31(17)44(32(46)18(30)12-38)29-15(4)7-8-40-27(29)14(2)3/h6-8,11,14,16,32,46H,1,9-10,13,39H2,2-5H3/t16-,32?/m1/s1. The highest BCUT2D eigenvalue weighted by atomic mass is 35.5. The summed E-state index contributed by atoms with van der Waals surface area (Å²) in [5.74, 6) is -2.69. The zero-order chi connectivity index (χ0) is 33.8. The SMILES string of the molecule is C=CC(=O)N1CCN(C2=C(C#N)C(O)N(c3c(C)ccnc3C(C)C)c3nc(-c4c(N)c(Cl)c(F)c(Cl)c4F)c(Cl)cc32)C[C@H]1C. The van der Waals surface area contributed by atoms with Gasteiger partial charge in [-0.15, -0.1) is 0 Å². The summed E-state index contributed by atoms with van der Waals surface area (Å²) < 4.78 is 30.1. The van der Waals surface area contributed by atoms with Crippen LogP contribution in [0.3, 0.4) is 0 Å². The number of aliphatic hydroxyl groups is 1. The quantitative estimate of drug-likeness (QED) is 0.130. The molecule has 4 heterocycles. The molecular weight excluding hydrogens is 659 g/mol. The van der Waals surface area contributed by atoms with Crippen molar-refractivity contribution < 1.29 is 18.7 Å². The Morgan fingerprint density at radius 3 is 2.54 bits per heavy atom. The lowest BCUT2D eigenvalue weighted by Gasteiger charge is -2.45. The van der Waals surface area contributed by atoms with E-state index < -0.39 is 39.2 Å². The van der Waals surface area contributed by atoms with Crippen LogP contribution in [0.1, 0.15) is 43.5 Å². The van der Waals surface area contributed by atoms with Gasteiger partial charge in [-0.05, 0) is 43.5 Å². The number of halogens is 5. The van der Waals surface area contributed by atoms with Gasteiger partial charge in [0.25, 0.3) is 0 Å². The number of fused-ring (bicyclic) bond motifs is 1. The fraction of sp³-hybridized carbons (Fsp3) is 0.312. The number of aromatic nitrogens is 2. The van der Waals surface area contributed by atoms with Crippen LogP contribution in [0.15, 0.2) is 36.6 Å². The second-order valence-electron chi connectivity index (χ2n) is 11.4. The number of aliphatic hydroxyl groups excluding tert-OH is 1. The summed E-state index contributed by atoms with van der Waals surface area (Å²) in [4.78, 5) is 26.8. The van der Waals surface area contributed by atoms with Crippen LogP contribution in [0, 0.1) is 29.9 Å². The Balaban J connectivity index is 1.83. The molecule has 0 spiro atoms. The first kappa shape index (κ1) is 33.4. The Bertz CT molecular complexity index is 1830. The second-order valence-corrected chi connectivity index (χ2v) is 12.6. The van der Waals surface area contributed by atoms with E-state index in [1.165, 1.54) is 17.0 Å².